The Morgan fingerprint density at radius 2 is 1.79 bits per heavy atom. The molecule has 3 aromatic rings. The highest BCUT2D eigenvalue weighted by Crippen LogP contribution is 2.28. The van der Waals surface area contributed by atoms with Crippen LogP contribution in [0.15, 0.2) is 54.9 Å². The van der Waals surface area contributed by atoms with E-state index in [0.717, 1.165) is 27.1 Å². The van der Waals surface area contributed by atoms with Crippen LogP contribution < -0.4 is 0 Å². The topological polar surface area (TPSA) is 86.4 Å². The number of benzene rings is 1. The third kappa shape index (κ3) is 2.82. The number of aromatic amines is 1. The molecule has 0 atom stereocenters. The van der Waals surface area contributed by atoms with Crippen molar-refractivity contribution in [3.8, 4) is 0 Å². The molecule has 4 heterocycles. The van der Waals surface area contributed by atoms with E-state index in [2.05, 4.69) is 9.97 Å². The number of H-pyrrole nitrogens is 1. The number of imide groups is 1. The third-order valence-corrected chi connectivity index (χ3v) is 5.51. The highest BCUT2D eigenvalue weighted by molar-refractivity contribution is 6.22. The van der Waals surface area contributed by atoms with Gasteiger partial charge in [0, 0.05) is 31.0 Å². The summed E-state index contributed by atoms with van der Waals surface area (Å²) in [4.78, 5) is 48.0. The molecule has 29 heavy (non-hydrogen) atoms. The minimum Gasteiger partial charge on any atom is -0.359 e. The van der Waals surface area contributed by atoms with Crippen LogP contribution >= 0.6 is 0 Å². The van der Waals surface area contributed by atoms with Crippen molar-refractivity contribution >= 4 is 34.3 Å². The predicted molar refractivity (Wildman–Crippen MR) is 107 cm³/mol. The molecule has 2 aromatic heterocycles. The summed E-state index contributed by atoms with van der Waals surface area (Å²) in [6.07, 6.45) is 6.42. The normalized spacial score (nSPS) is 16.3. The van der Waals surface area contributed by atoms with E-state index in [9.17, 15) is 14.4 Å². The third-order valence-electron chi connectivity index (χ3n) is 5.51. The van der Waals surface area contributed by atoms with Crippen LogP contribution in [0.1, 0.15) is 32.7 Å². The number of hydrogen-bond donors (Lipinski definition) is 1. The lowest BCUT2D eigenvalue weighted by atomic mass is 10.0. The molecule has 7 heteroatoms. The lowest BCUT2D eigenvalue weighted by molar-refractivity contribution is -0.131. The zero-order valence-electron chi connectivity index (χ0n) is 15.6. The molecule has 0 bridgehead atoms. The molecule has 0 spiro atoms. The van der Waals surface area contributed by atoms with Crippen LogP contribution in [-0.2, 0) is 4.79 Å². The van der Waals surface area contributed by atoms with Gasteiger partial charge in [-0.2, -0.15) is 0 Å². The summed E-state index contributed by atoms with van der Waals surface area (Å²) >= 11 is 0. The summed E-state index contributed by atoms with van der Waals surface area (Å²) in [6.45, 7) is 0.744. The van der Waals surface area contributed by atoms with Crippen molar-refractivity contribution in [1.29, 1.82) is 0 Å². The van der Waals surface area contributed by atoms with E-state index in [0.29, 0.717) is 30.6 Å². The maximum Gasteiger partial charge on any atom is 0.262 e. The first-order valence-electron chi connectivity index (χ1n) is 9.48. The van der Waals surface area contributed by atoms with Gasteiger partial charge in [-0.1, -0.05) is 18.2 Å². The van der Waals surface area contributed by atoms with Gasteiger partial charge in [-0.15, -0.1) is 0 Å². The average Bonchev–Trinajstić information content (AvgIpc) is 3.29. The molecule has 1 aromatic carbocycles. The maximum absolute atomic E-state index is 12.7. The second kappa shape index (κ2) is 6.70. The number of nitrogens with one attached hydrogen (secondary N) is 1. The van der Waals surface area contributed by atoms with E-state index in [1.807, 2.05) is 24.4 Å². The second-order valence-corrected chi connectivity index (χ2v) is 7.16. The largest absolute Gasteiger partial charge is 0.359 e. The first-order chi connectivity index (χ1) is 14.1. The van der Waals surface area contributed by atoms with Crippen LogP contribution in [0.5, 0.6) is 0 Å². The minimum atomic E-state index is -0.406. The van der Waals surface area contributed by atoms with E-state index >= 15 is 0 Å². The zero-order valence-corrected chi connectivity index (χ0v) is 15.6. The smallest absolute Gasteiger partial charge is 0.262 e. The Kier molecular flexibility index (Phi) is 4.01. The van der Waals surface area contributed by atoms with E-state index in [4.69, 9.17) is 0 Å². The van der Waals surface area contributed by atoms with E-state index < -0.39 is 11.8 Å². The van der Waals surface area contributed by atoms with Gasteiger partial charge in [-0.3, -0.25) is 24.3 Å². The molecular weight excluding hydrogens is 368 g/mol. The van der Waals surface area contributed by atoms with Gasteiger partial charge < -0.3 is 9.88 Å². The number of hydrogen-bond acceptors (Lipinski definition) is 4. The first kappa shape index (κ1) is 17.4. The van der Waals surface area contributed by atoms with Crippen LogP contribution in [0.25, 0.3) is 16.6 Å². The lowest BCUT2D eigenvalue weighted by Crippen LogP contribution is -2.44. The van der Waals surface area contributed by atoms with Crippen molar-refractivity contribution in [2.75, 3.05) is 19.6 Å². The standard InChI is InChI=1S/C22H18N4O3/c27-19(13-26-21(28)15-4-1-2-5-16(15)22(26)29)25-10-7-14(8-11-25)17-12-24-18-6-3-9-23-20(17)18/h1-7,9,12,24H,8,10-11,13H2. The highest BCUT2D eigenvalue weighted by Gasteiger charge is 2.37. The fraction of sp³-hybridized carbons (Fsp3) is 0.182. The SMILES string of the molecule is O=C(CN1C(=O)c2ccccc2C1=O)N1CC=C(c2c[nH]c3cccnc23)CC1. The van der Waals surface area contributed by atoms with Gasteiger partial charge >= 0.3 is 0 Å². The van der Waals surface area contributed by atoms with Crippen molar-refractivity contribution in [3.63, 3.8) is 0 Å². The Hall–Kier alpha value is -3.74. The van der Waals surface area contributed by atoms with Gasteiger partial charge in [-0.25, -0.2) is 0 Å². The van der Waals surface area contributed by atoms with Gasteiger partial charge in [0.15, 0.2) is 0 Å². The van der Waals surface area contributed by atoms with Gasteiger partial charge in [0.25, 0.3) is 11.8 Å². The summed E-state index contributed by atoms with van der Waals surface area (Å²) in [5.41, 5.74) is 4.81. The molecule has 2 aliphatic rings. The highest BCUT2D eigenvalue weighted by atomic mass is 16.2. The van der Waals surface area contributed by atoms with Crippen molar-refractivity contribution < 1.29 is 14.4 Å². The summed E-state index contributed by atoms with van der Waals surface area (Å²) in [7, 11) is 0. The number of nitrogens with zero attached hydrogens (tertiary/aromatic N) is 3. The number of rotatable bonds is 3. The molecule has 0 saturated carbocycles. The summed E-state index contributed by atoms with van der Waals surface area (Å²) in [5, 5.41) is 0. The average molecular weight is 386 g/mol. The molecule has 3 amide bonds. The van der Waals surface area contributed by atoms with Crippen molar-refractivity contribution in [2.45, 2.75) is 6.42 Å². The molecular formula is C22H18N4O3. The summed E-state index contributed by atoms with van der Waals surface area (Å²) < 4.78 is 0. The van der Waals surface area contributed by atoms with Gasteiger partial charge in [0.1, 0.15) is 6.54 Å². The van der Waals surface area contributed by atoms with Crippen LogP contribution in [0, 0.1) is 0 Å². The van der Waals surface area contributed by atoms with Gasteiger partial charge in [0.2, 0.25) is 5.91 Å². The Balaban J connectivity index is 1.29. The Labute approximate surface area is 166 Å². The van der Waals surface area contributed by atoms with Gasteiger partial charge in [-0.05, 0) is 36.3 Å². The molecule has 0 unspecified atom stereocenters. The van der Waals surface area contributed by atoms with Gasteiger partial charge in [0.05, 0.1) is 22.2 Å². The molecule has 2 aliphatic heterocycles. The maximum atomic E-state index is 12.7. The van der Waals surface area contributed by atoms with Crippen LogP contribution in [-0.4, -0.2) is 57.1 Å². The summed E-state index contributed by atoms with van der Waals surface area (Å²) in [5.74, 6) is -1.04. The number of carbonyl (C=O) groups excluding carboxylic acids is 3. The Bertz CT molecular complexity index is 1160. The number of carbonyl (C=O) groups is 3. The first-order valence-corrected chi connectivity index (χ1v) is 9.48. The van der Waals surface area contributed by atoms with E-state index in [1.54, 1.807) is 35.4 Å². The fourth-order valence-corrected chi connectivity index (χ4v) is 3.96. The molecule has 5 rings (SSSR count). The monoisotopic (exact) mass is 386 g/mol. The number of aromatic nitrogens is 2. The van der Waals surface area contributed by atoms with Crippen LogP contribution in [0.2, 0.25) is 0 Å². The molecule has 0 aliphatic carbocycles. The molecule has 1 N–H and O–H groups in total. The lowest BCUT2D eigenvalue weighted by Gasteiger charge is -2.28. The molecule has 0 saturated heterocycles. The quantitative estimate of drug-likeness (QED) is 0.701. The second-order valence-electron chi connectivity index (χ2n) is 7.16. The Morgan fingerprint density at radius 1 is 1.03 bits per heavy atom. The number of amides is 3. The fourth-order valence-electron chi connectivity index (χ4n) is 3.96. The van der Waals surface area contributed by atoms with Crippen molar-refractivity contribution in [1.82, 2.24) is 19.8 Å². The minimum absolute atomic E-state index is 0.230. The number of fused-ring (bicyclic) bond motifs is 2. The molecule has 0 fully saturated rings. The predicted octanol–water partition coefficient (Wildman–Crippen LogP) is 2.47. The van der Waals surface area contributed by atoms with Crippen LogP contribution in [0.3, 0.4) is 0 Å². The van der Waals surface area contributed by atoms with Crippen molar-refractivity contribution in [3.05, 3.63) is 71.6 Å². The number of pyridine rings is 1. The van der Waals surface area contributed by atoms with E-state index in [1.165, 1.54) is 0 Å². The van der Waals surface area contributed by atoms with Crippen LogP contribution in [0.4, 0.5) is 0 Å². The van der Waals surface area contributed by atoms with E-state index in [-0.39, 0.29) is 12.5 Å². The molecule has 0 radical (unpaired) electrons. The zero-order chi connectivity index (χ0) is 20.0. The molecule has 144 valence electrons. The summed E-state index contributed by atoms with van der Waals surface area (Å²) in [6, 6.07) is 10.5. The Morgan fingerprint density at radius 3 is 2.48 bits per heavy atom. The molecule has 7 nitrogen and oxygen atoms in total. The van der Waals surface area contributed by atoms with Crippen molar-refractivity contribution in [2.24, 2.45) is 0 Å².